The molecule has 0 saturated carbocycles. The van der Waals surface area contributed by atoms with E-state index in [9.17, 15) is 20.0 Å². The number of nitrogens with zero attached hydrogens (tertiary/aromatic N) is 1. The summed E-state index contributed by atoms with van der Waals surface area (Å²) in [7, 11) is 1.47. The highest BCUT2D eigenvalue weighted by molar-refractivity contribution is 6.32. The van der Waals surface area contributed by atoms with Crippen LogP contribution >= 0.6 is 11.6 Å². The third-order valence-electron chi connectivity index (χ3n) is 3.44. The van der Waals surface area contributed by atoms with Gasteiger partial charge in [0.25, 0.3) is 5.69 Å². The maximum atomic E-state index is 11.6. The highest BCUT2D eigenvalue weighted by Gasteiger charge is 2.22. The summed E-state index contributed by atoms with van der Waals surface area (Å²) in [5, 5.41) is 20.6. The van der Waals surface area contributed by atoms with Crippen molar-refractivity contribution < 1.29 is 19.6 Å². The van der Waals surface area contributed by atoms with Crippen LogP contribution in [0.25, 0.3) is 0 Å². The Kier molecular flexibility index (Phi) is 5.18. The summed E-state index contributed by atoms with van der Waals surface area (Å²) in [6.07, 6.45) is 0.125. The van der Waals surface area contributed by atoms with Crippen LogP contribution in [-0.2, 0) is 11.2 Å². The molecule has 2 aromatic rings. The van der Waals surface area contributed by atoms with Gasteiger partial charge in [-0.05, 0) is 29.7 Å². The molecule has 0 amide bonds. The van der Waals surface area contributed by atoms with Crippen molar-refractivity contribution in [3.63, 3.8) is 0 Å². The second-order valence-corrected chi connectivity index (χ2v) is 5.32. The van der Waals surface area contributed by atoms with E-state index in [1.54, 1.807) is 18.2 Å². The highest BCUT2D eigenvalue weighted by Crippen LogP contribution is 2.30. The van der Waals surface area contributed by atoms with Gasteiger partial charge in [-0.3, -0.25) is 14.9 Å². The average molecular weight is 336 g/mol. The van der Waals surface area contributed by atoms with E-state index in [1.807, 2.05) is 0 Å². The first-order chi connectivity index (χ1) is 10.9. The lowest BCUT2D eigenvalue weighted by Crippen LogP contribution is -2.14. The Balaban J connectivity index is 2.32. The van der Waals surface area contributed by atoms with Gasteiger partial charge in [0, 0.05) is 12.1 Å². The number of carbonyl (C=O) groups is 1. The third-order valence-corrected chi connectivity index (χ3v) is 3.73. The summed E-state index contributed by atoms with van der Waals surface area (Å²) in [6.45, 7) is 0. The molecule has 1 unspecified atom stereocenters. The first-order valence-corrected chi connectivity index (χ1v) is 7.09. The number of carboxylic acids is 1. The van der Waals surface area contributed by atoms with Crippen LogP contribution in [0.2, 0.25) is 5.02 Å². The number of aliphatic carboxylic acids is 1. The Labute approximate surface area is 137 Å². The van der Waals surface area contributed by atoms with Gasteiger partial charge in [-0.25, -0.2) is 0 Å². The van der Waals surface area contributed by atoms with E-state index < -0.39 is 16.8 Å². The molecule has 0 radical (unpaired) electrons. The number of non-ortho nitro benzene ring substituents is 1. The lowest BCUT2D eigenvalue weighted by atomic mass is 9.92. The van der Waals surface area contributed by atoms with Gasteiger partial charge in [0.2, 0.25) is 0 Å². The zero-order valence-corrected chi connectivity index (χ0v) is 13.0. The summed E-state index contributed by atoms with van der Waals surface area (Å²) in [5.74, 6) is -1.44. The molecular weight excluding hydrogens is 322 g/mol. The molecule has 2 aromatic carbocycles. The van der Waals surface area contributed by atoms with Crippen LogP contribution < -0.4 is 4.74 Å². The maximum absolute atomic E-state index is 11.6. The predicted molar refractivity (Wildman–Crippen MR) is 85.2 cm³/mol. The zero-order chi connectivity index (χ0) is 17.0. The average Bonchev–Trinajstić information content (AvgIpc) is 2.52. The fourth-order valence-electron chi connectivity index (χ4n) is 2.28. The number of hydrogen-bond donors (Lipinski definition) is 1. The molecule has 1 atom stereocenters. The van der Waals surface area contributed by atoms with Crippen molar-refractivity contribution in [2.45, 2.75) is 12.3 Å². The van der Waals surface area contributed by atoms with Crippen molar-refractivity contribution in [3.8, 4) is 5.75 Å². The Hall–Kier alpha value is -2.60. The quantitative estimate of drug-likeness (QED) is 0.642. The Bertz CT molecular complexity index is 747. The number of nitro groups is 1. The summed E-state index contributed by atoms with van der Waals surface area (Å²) >= 11 is 6.04. The van der Waals surface area contributed by atoms with Crippen LogP contribution in [0.1, 0.15) is 17.0 Å². The molecule has 0 spiro atoms. The monoisotopic (exact) mass is 335 g/mol. The summed E-state index contributed by atoms with van der Waals surface area (Å²) in [5.41, 5.74) is 1.01. The van der Waals surface area contributed by atoms with Gasteiger partial charge in [0.1, 0.15) is 5.75 Å². The van der Waals surface area contributed by atoms with Crippen molar-refractivity contribution in [3.05, 3.63) is 68.7 Å². The van der Waals surface area contributed by atoms with E-state index in [0.717, 1.165) is 0 Å². The van der Waals surface area contributed by atoms with Crippen LogP contribution in [0.15, 0.2) is 42.5 Å². The molecule has 0 aliphatic carbocycles. The lowest BCUT2D eigenvalue weighted by Gasteiger charge is -2.14. The van der Waals surface area contributed by atoms with E-state index >= 15 is 0 Å². The van der Waals surface area contributed by atoms with Gasteiger partial charge in [-0.2, -0.15) is 0 Å². The number of carboxylic acid groups (broad SMARTS) is 1. The number of rotatable bonds is 6. The van der Waals surface area contributed by atoms with Crippen LogP contribution in [0.4, 0.5) is 5.69 Å². The van der Waals surface area contributed by atoms with Gasteiger partial charge in [0.15, 0.2) is 0 Å². The smallest absolute Gasteiger partial charge is 0.311 e. The number of ether oxygens (including phenoxy) is 1. The zero-order valence-electron chi connectivity index (χ0n) is 12.2. The normalized spacial score (nSPS) is 11.7. The van der Waals surface area contributed by atoms with Crippen LogP contribution in [0.5, 0.6) is 5.75 Å². The molecule has 0 saturated heterocycles. The molecule has 6 nitrogen and oxygen atoms in total. The topological polar surface area (TPSA) is 89.7 Å². The van der Waals surface area contributed by atoms with Crippen LogP contribution in [0, 0.1) is 10.1 Å². The van der Waals surface area contributed by atoms with Gasteiger partial charge >= 0.3 is 5.97 Å². The fraction of sp³-hybridized carbons (Fsp3) is 0.188. The largest absolute Gasteiger partial charge is 0.495 e. The minimum absolute atomic E-state index is 0.0700. The van der Waals surface area contributed by atoms with Gasteiger partial charge in [-0.15, -0.1) is 0 Å². The molecule has 120 valence electrons. The molecular formula is C16H14ClNO5. The van der Waals surface area contributed by atoms with Crippen molar-refractivity contribution >= 4 is 23.3 Å². The minimum atomic E-state index is -1.03. The van der Waals surface area contributed by atoms with Gasteiger partial charge in [-0.1, -0.05) is 29.8 Å². The Morgan fingerprint density at radius 3 is 2.65 bits per heavy atom. The molecule has 1 N–H and O–H groups in total. The lowest BCUT2D eigenvalue weighted by molar-refractivity contribution is -0.384. The minimum Gasteiger partial charge on any atom is -0.495 e. The fourth-order valence-corrected chi connectivity index (χ4v) is 2.55. The number of benzene rings is 2. The van der Waals surface area contributed by atoms with E-state index in [1.165, 1.54) is 31.4 Å². The first-order valence-electron chi connectivity index (χ1n) is 6.72. The standard InChI is InChI=1S/C16H14ClNO5/c1-23-15-6-5-11(9-14(15)17)13(16(19)20)8-10-3-2-4-12(7-10)18(21)22/h2-7,9,13H,8H2,1H3,(H,19,20). The molecule has 0 aromatic heterocycles. The molecule has 23 heavy (non-hydrogen) atoms. The predicted octanol–water partition coefficient (Wildman–Crippen LogP) is 3.67. The van der Waals surface area contributed by atoms with E-state index in [0.29, 0.717) is 21.9 Å². The number of hydrogen-bond acceptors (Lipinski definition) is 4. The van der Waals surface area contributed by atoms with Crippen molar-refractivity contribution in [2.75, 3.05) is 7.11 Å². The van der Waals surface area contributed by atoms with Crippen molar-refractivity contribution in [1.82, 2.24) is 0 Å². The van der Waals surface area contributed by atoms with Crippen LogP contribution in [0.3, 0.4) is 0 Å². The Morgan fingerprint density at radius 1 is 1.35 bits per heavy atom. The van der Waals surface area contributed by atoms with Crippen LogP contribution in [-0.4, -0.2) is 23.1 Å². The number of halogens is 1. The second kappa shape index (κ2) is 7.11. The first kappa shape index (κ1) is 16.8. The number of methoxy groups -OCH3 is 1. The molecule has 2 rings (SSSR count). The summed E-state index contributed by atoms with van der Waals surface area (Å²) in [4.78, 5) is 21.9. The summed E-state index contributed by atoms with van der Waals surface area (Å²) < 4.78 is 5.05. The summed E-state index contributed by atoms with van der Waals surface area (Å²) in [6, 6.07) is 10.7. The Morgan fingerprint density at radius 2 is 2.09 bits per heavy atom. The van der Waals surface area contributed by atoms with E-state index in [4.69, 9.17) is 16.3 Å². The SMILES string of the molecule is COc1ccc(C(Cc2cccc([N+](=O)[O-])c2)C(=O)O)cc1Cl. The molecule has 0 fully saturated rings. The maximum Gasteiger partial charge on any atom is 0.311 e. The number of nitro benzene ring substituents is 1. The van der Waals surface area contributed by atoms with Gasteiger partial charge < -0.3 is 9.84 Å². The molecule has 0 bridgehead atoms. The molecule has 7 heteroatoms. The van der Waals surface area contributed by atoms with E-state index in [-0.39, 0.29) is 12.1 Å². The van der Waals surface area contributed by atoms with Gasteiger partial charge in [0.05, 0.1) is 23.0 Å². The van der Waals surface area contributed by atoms with Crippen molar-refractivity contribution in [1.29, 1.82) is 0 Å². The second-order valence-electron chi connectivity index (χ2n) is 4.92. The molecule has 0 heterocycles. The third kappa shape index (κ3) is 3.98. The van der Waals surface area contributed by atoms with E-state index in [2.05, 4.69) is 0 Å². The van der Waals surface area contributed by atoms with Crippen molar-refractivity contribution in [2.24, 2.45) is 0 Å². The molecule has 0 aliphatic heterocycles. The highest BCUT2D eigenvalue weighted by atomic mass is 35.5. The molecule has 0 aliphatic rings.